The first-order valence-corrected chi connectivity index (χ1v) is 10.5. The zero-order valence-electron chi connectivity index (χ0n) is 18.1. The smallest absolute Gasteiger partial charge is 0.412 e. The third-order valence-corrected chi connectivity index (χ3v) is 5.44. The van der Waals surface area contributed by atoms with E-state index in [1.54, 1.807) is 11.0 Å². The maximum absolute atomic E-state index is 13.2. The second-order valence-corrected chi connectivity index (χ2v) is 8.87. The maximum Gasteiger partial charge on any atom is 0.412 e. The second-order valence-electron chi connectivity index (χ2n) is 8.87. The Morgan fingerprint density at radius 2 is 1.87 bits per heavy atom. The van der Waals surface area contributed by atoms with Crippen molar-refractivity contribution >= 4 is 29.3 Å². The number of nitrogens with zero attached hydrogens (tertiary/aromatic N) is 2. The van der Waals surface area contributed by atoms with E-state index in [0.717, 1.165) is 24.1 Å². The molecule has 0 aromatic heterocycles. The number of piperidine rings is 1. The fourth-order valence-electron chi connectivity index (χ4n) is 4.02. The molecule has 0 atom stereocenters. The minimum absolute atomic E-state index is 0.0748. The Hall–Kier alpha value is -2.83. The molecule has 1 fully saturated rings. The van der Waals surface area contributed by atoms with Crippen molar-refractivity contribution in [2.24, 2.45) is 5.92 Å². The Kier molecular flexibility index (Phi) is 6.48. The molecule has 2 aliphatic rings. The molecule has 0 radical (unpaired) electrons. The van der Waals surface area contributed by atoms with Gasteiger partial charge in [-0.2, -0.15) is 0 Å². The predicted molar refractivity (Wildman–Crippen MR) is 116 cm³/mol. The van der Waals surface area contributed by atoms with Gasteiger partial charge in [0.25, 0.3) is 0 Å². The number of anilines is 2. The van der Waals surface area contributed by atoms with Crippen LogP contribution in [0.2, 0.25) is 0 Å². The van der Waals surface area contributed by atoms with Gasteiger partial charge in [0.2, 0.25) is 11.8 Å². The van der Waals surface area contributed by atoms with Gasteiger partial charge in [-0.3, -0.25) is 14.9 Å². The van der Waals surface area contributed by atoms with Crippen LogP contribution in [0.1, 0.15) is 45.6 Å². The number of carbonyl (C=O) groups excluding carboxylic acids is 3. The van der Waals surface area contributed by atoms with E-state index in [0.29, 0.717) is 38.2 Å². The number of likely N-dealkylation sites (tertiary alicyclic amines) is 1. The van der Waals surface area contributed by atoms with Gasteiger partial charge in [-0.25, -0.2) is 4.79 Å². The molecule has 1 aromatic rings. The van der Waals surface area contributed by atoms with Gasteiger partial charge in [0, 0.05) is 36.9 Å². The Morgan fingerprint density at radius 1 is 1.17 bits per heavy atom. The van der Waals surface area contributed by atoms with Crippen LogP contribution in [-0.4, -0.2) is 48.0 Å². The molecule has 0 saturated carbocycles. The highest BCUT2D eigenvalue weighted by Crippen LogP contribution is 2.32. The molecule has 7 heteroatoms. The van der Waals surface area contributed by atoms with Crippen LogP contribution in [-0.2, 0) is 20.7 Å². The molecule has 2 heterocycles. The van der Waals surface area contributed by atoms with E-state index >= 15 is 0 Å². The minimum Gasteiger partial charge on any atom is -0.444 e. The molecule has 0 aliphatic carbocycles. The average Bonchev–Trinajstić information content (AvgIpc) is 2.70. The first-order valence-electron chi connectivity index (χ1n) is 10.5. The van der Waals surface area contributed by atoms with E-state index in [-0.39, 0.29) is 17.7 Å². The van der Waals surface area contributed by atoms with Crippen molar-refractivity contribution < 1.29 is 19.1 Å². The maximum atomic E-state index is 13.2. The molecule has 0 bridgehead atoms. The normalized spacial score (nSPS) is 17.2. The Bertz CT molecular complexity index is 835. The van der Waals surface area contributed by atoms with E-state index in [1.165, 1.54) is 6.08 Å². The van der Waals surface area contributed by atoms with Crippen molar-refractivity contribution in [3.05, 3.63) is 36.4 Å². The van der Waals surface area contributed by atoms with Crippen LogP contribution >= 0.6 is 0 Å². The molecule has 1 N–H and O–H groups in total. The molecule has 162 valence electrons. The number of rotatable bonds is 3. The Morgan fingerprint density at radius 3 is 2.50 bits per heavy atom. The van der Waals surface area contributed by atoms with Crippen LogP contribution in [0.4, 0.5) is 16.2 Å². The summed E-state index contributed by atoms with van der Waals surface area (Å²) < 4.78 is 5.31. The minimum atomic E-state index is -0.562. The molecular weight excluding hydrogens is 382 g/mol. The van der Waals surface area contributed by atoms with E-state index in [4.69, 9.17) is 4.74 Å². The standard InChI is InChI=1S/C23H31N3O4/c1-5-20(27)25-13-10-16(11-14-25)21(28)26-12-6-7-17-15-18(8-9-19(17)26)24-22(29)30-23(2,3)4/h5,8-9,15-16H,1,6-7,10-14H2,2-4H3,(H,24,29). The van der Waals surface area contributed by atoms with E-state index in [1.807, 2.05) is 37.8 Å². The molecule has 1 aromatic carbocycles. The van der Waals surface area contributed by atoms with Crippen LogP contribution in [0.3, 0.4) is 0 Å². The summed E-state index contributed by atoms with van der Waals surface area (Å²) in [5.41, 5.74) is 2.05. The number of nitrogens with one attached hydrogen (secondary N) is 1. The van der Waals surface area contributed by atoms with Gasteiger partial charge in [0.1, 0.15) is 5.60 Å². The third kappa shape index (κ3) is 5.20. The molecule has 30 heavy (non-hydrogen) atoms. The van der Waals surface area contributed by atoms with Gasteiger partial charge < -0.3 is 14.5 Å². The van der Waals surface area contributed by atoms with Crippen molar-refractivity contribution in [2.75, 3.05) is 29.9 Å². The lowest BCUT2D eigenvalue weighted by molar-refractivity contribution is -0.131. The average molecular weight is 414 g/mol. The first kappa shape index (κ1) is 21.9. The van der Waals surface area contributed by atoms with Gasteiger partial charge in [-0.1, -0.05) is 6.58 Å². The van der Waals surface area contributed by atoms with Gasteiger partial charge in [0.15, 0.2) is 0 Å². The summed E-state index contributed by atoms with van der Waals surface area (Å²) in [5.74, 6) is -0.0342. The quantitative estimate of drug-likeness (QED) is 0.766. The zero-order valence-corrected chi connectivity index (χ0v) is 18.1. The van der Waals surface area contributed by atoms with Crippen molar-refractivity contribution in [1.82, 2.24) is 4.90 Å². The van der Waals surface area contributed by atoms with Crippen LogP contribution in [0.15, 0.2) is 30.9 Å². The SMILES string of the molecule is C=CC(=O)N1CCC(C(=O)N2CCCc3cc(NC(=O)OC(C)(C)C)ccc32)CC1. The van der Waals surface area contributed by atoms with Crippen LogP contribution in [0.5, 0.6) is 0 Å². The zero-order chi connectivity index (χ0) is 21.9. The Labute approximate surface area is 178 Å². The van der Waals surface area contributed by atoms with E-state index in [2.05, 4.69) is 11.9 Å². The largest absolute Gasteiger partial charge is 0.444 e. The summed E-state index contributed by atoms with van der Waals surface area (Å²) in [6, 6.07) is 5.62. The highest BCUT2D eigenvalue weighted by molar-refractivity contribution is 5.97. The lowest BCUT2D eigenvalue weighted by atomic mass is 9.93. The number of ether oxygens (including phenoxy) is 1. The van der Waals surface area contributed by atoms with Crippen molar-refractivity contribution in [3.8, 4) is 0 Å². The molecule has 7 nitrogen and oxygen atoms in total. The fraction of sp³-hybridized carbons (Fsp3) is 0.522. The summed E-state index contributed by atoms with van der Waals surface area (Å²) >= 11 is 0. The summed E-state index contributed by atoms with van der Waals surface area (Å²) in [4.78, 5) is 40.6. The van der Waals surface area contributed by atoms with E-state index < -0.39 is 11.7 Å². The summed E-state index contributed by atoms with van der Waals surface area (Å²) in [7, 11) is 0. The number of amides is 3. The molecule has 3 rings (SSSR count). The predicted octanol–water partition coefficient (Wildman–Crippen LogP) is 3.74. The number of benzene rings is 1. The molecular formula is C23H31N3O4. The molecule has 0 spiro atoms. The van der Waals surface area contributed by atoms with Crippen molar-refractivity contribution in [3.63, 3.8) is 0 Å². The van der Waals surface area contributed by atoms with Gasteiger partial charge in [-0.15, -0.1) is 0 Å². The van der Waals surface area contributed by atoms with Crippen LogP contribution < -0.4 is 10.2 Å². The van der Waals surface area contributed by atoms with Gasteiger partial charge in [0.05, 0.1) is 0 Å². The highest BCUT2D eigenvalue weighted by atomic mass is 16.6. The van der Waals surface area contributed by atoms with Crippen LogP contribution in [0.25, 0.3) is 0 Å². The molecule has 2 aliphatic heterocycles. The number of hydrogen-bond donors (Lipinski definition) is 1. The lowest BCUT2D eigenvalue weighted by Crippen LogP contribution is -2.45. The molecule has 0 unspecified atom stereocenters. The van der Waals surface area contributed by atoms with Crippen LogP contribution in [0, 0.1) is 5.92 Å². The second kappa shape index (κ2) is 8.90. The van der Waals surface area contributed by atoms with E-state index in [9.17, 15) is 14.4 Å². The highest BCUT2D eigenvalue weighted by Gasteiger charge is 2.32. The molecule has 3 amide bonds. The number of hydrogen-bond acceptors (Lipinski definition) is 4. The fourth-order valence-corrected chi connectivity index (χ4v) is 4.02. The van der Waals surface area contributed by atoms with Gasteiger partial charge >= 0.3 is 6.09 Å². The number of fused-ring (bicyclic) bond motifs is 1. The third-order valence-electron chi connectivity index (χ3n) is 5.44. The summed E-state index contributed by atoms with van der Waals surface area (Å²) in [5, 5.41) is 2.77. The lowest BCUT2D eigenvalue weighted by Gasteiger charge is -2.36. The summed E-state index contributed by atoms with van der Waals surface area (Å²) in [6.07, 6.45) is 3.90. The topological polar surface area (TPSA) is 79.0 Å². The van der Waals surface area contributed by atoms with Crippen molar-refractivity contribution in [1.29, 1.82) is 0 Å². The monoisotopic (exact) mass is 413 g/mol. The van der Waals surface area contributed by atoms with Crippen molar-refractivity contribution in [2.45, 2.75) is 52.1 Å². The number of aryl methyl sites for hydroxylation is 1. The Balaban J connectivity index is 1.67. The number of carbonyl (C=O) groups is 3. The molecule has 1 saturated heterocycles. The van der Waals surface area contributed by atoms with Gasteiger partial charge in [-0.05, 0) is 76.3 Å². The first-order chi connectivity index (χ1) is 14.2. The summed E-state index contributed by atoms with van der Waals surface area (Å²) in [6.45, 7) is 10.8.